The Bertz CT molecular complexity index is 1290. The van der Waals surface area contributed by atoms with Crippen LogP contribution in [-0.4, -0.2) is 38.5 Å². The minimum Gasteiger partial charge on any atom is -0.497 e. The third-order valence-corrected chi connectivity index (χ3v) is 6.93. The van der Waals surface area contributed by atoms with Gasteiger partial charge in [0.2, 0.25) is 5.91 Å². The summed E-state index contributed by atoms with van der Waals surface area (Å²) < 4.78 is 13.3. The van der Waals surface area contributed by atoms with E-state index in [4.69, 9.17) is 9.47 Å². The number of benzene rings is 2. The fourth-order valence-electron chi connectivity index (χ4n) is 3.41. The molecule has 4 rings (SSSR count). The molecule has 0 aliphatic rings. The first-order chi connectivity index (χ1) is 17.0. The zero-order chi connectivity index (χ0) is 24.8. The maximum atomic E-state index is 12.6. The molecule has 2 aromatic carbocycles. The van der Waals surface area contributed by atoms with Crippen LogP contribution in [0.3, 0.4) is 0 Å². The molecule has 10 heteroatoms. The largest absolute Gasteiger partial charge is 0.497 e. The standard InChI is InChI=1S/C25H27N5O3S2/c1-5-30-23(17(3)33-20-8-6-7-19(13-20)32-4)28-29-25(30)35-15-22(31)27-24-26-21(14-34-24)18-11-9-16(2)10-12-18/h6-14,17H,5,15H2,1-4H3,(H,26,27,31). The predicted molar refractivity (Wildman–Crippen MR) is 139 cm³/mol. The number of nitrogens with one attached hydrogen (secondary N) is 1. The minimum atomic E-state index is -0.326. The van der Waals surface area contributed by atoms with Gasteiger partial charge in [-0.25, -0.2) is 4.98 Å². The van der Waals surface area contributed by atoms with Gasteiger partial charge in [0.15, 0.2) is 22.2 Å². The quantitative estimate of drug-likeness (QED) is 0.278. The topological polar surface area (TPSA) is 91.2 Å². The highest BCUT2D eigenvalue weighted by Gasteiger charge is 2.20. The van der Waals surface area contributed by atoms with Crippen LogP contribution < -0.4 is 14.8 Å². The molecule has 1 N–H and O–H groups in total. The number of methoxy groups -OCH3 is 1. The lowest BCUT2D eigenvalue weighted by Crippen LogP contribution is -2.15. The number of amides is 1. The number of aromatic nitrogens is 4. The summed E-state index contributed by atoms with van der Waals surface area (Å²) in [5, 5.41) is 14.7. The van der Waals surface area contributed by atoms with Crippen molar-refractivity contribution >= 4 is 34.1 Å². The summed E-state index contributed by atoms with van der Waals surface area (Å²) in [6, 6.07) is 15.6. The van der Waals surface area contributed by atoms with Crippen molar-refractivity contribution in [3.63, 3.8) is 0 Å². The molecule has 1 amide bonds. The highest BCUT2D eigenvalue weighted by Crippen LogP contribution is 2.28. The number of aryl methyl sites for hydroxylation is 1. The van der Waals surface area contributed by atoms with Gasteiger partial charge in [-0.2, -0.15) is 0 Å². The summed E-state index contributed by atoms with van der Waals surface area (Å²) in [6.45, 7) is 6.64. The van der Waals surface area contributed by atoms with Crippen molar-refractivity contribution in [2.24, 2.45) is 0 Å². The van der Waals surface area contributed by atoms with E-state index < -0.39 is 0 Å². The van der Waals surface area contributed by atoms with E-state index in [2.05, 4.69) is 20.5 Å². The van der Waals surface area contributed by atoms with Crippen molar-refractivity contribution in [3.05, 3.63) is 65.3 Å². The fourth-order valence-corrected chi connectivity index (χ4v) is 4.95. The Morgan fingerprint density at radius 3 is 2.69 bits per heavy atom. The normalized spacial score (nSPS) is 11.8. The van der Waals surface area contributed by atoms with Crippen molar-refractivity contribution in [2.75, 3.05) is 18.2 Å². The molecule has 0 spiro atoms. The number of anilines is 1. The highest BCUT2D eigenvalue weighted by atomic mass is 32.2. The molecule has 4 aromatic rings. The molecule has 35 heavy (non-hydrogen) atoms. The number of carbonyl (C=O) groups is 1. The fraction of sp³-hybridized carbons (Fsp3) is 0.280. The molecule has 0 saturated carbocycles. The molecule has 8 nitrogen and oxygen atoms in total. The molecule has 0 aliphatic heterocycles. The Balaban J connectivity index is 1.35. The van der Waals surface area contributed by atoms with Crippen LogP contribution in [0.4, 0.5) is 5.13 Å². The van der Waals surface area contributed by atoms with Gasteiger partial charge < -0.3 is 19.4 Å². The molecule has 1 unspecified atom stereocenters. The van der Waals surface area contributed by atoms with E-state index in [0.717, 1.165) is 17.0 Å². The van der Waals surface area contributed by atoms with Crippen LogP contribution in [0.1, 0.15) is 31.3 Å². The van der Waals surface area contributed by atoms with Gasteiger partial charge in [0.25, 0.3) is 0 Å². The average molecular weight is 510 g/mol. The van der Waals surface area contributed by atoms with Crippen LogP contribution in [0.5, 0.6) is 11.5 Å². The maximum absolute atomic E-state index is 12.6. The zero-order valence-electron chi connectivity index (χ0n) is 20.0. The molecule has 0 aliphatic carbocycles. The molecule has 2 aromatic heterocycles. The summed E-state index contributed by atoms with van der Waals surface area (Å²) in [5.74, 6) is 2.15. The molecular weight excluding hydrogens is 482 g/mol. The van der Waals surface area contributed by atoms with Crippen molar-refractivity contribution in [1.82, 2.24) is 19.7 Å². The van der Waals surface area contributed by atoms with E-state index in [1.54, 1.807) is 7.11 Å². The Kier molecular flexibility index (Phi) is 8.04. The van der Waals surface area contributed by atoms with Crippen LogP contribution in [0.25, 0.3) is 11.3 Å². The molecule has 0 radical (unpaired) electrons. The summed E-state index contributed by atoms with van der Waals surface area (Å²) in [6.07, 6.45) is -0.326. The number of rotatable bonds is 10. The van der Waals surface area contributed by atoms with Crippen LogP contribution in [-0.2, 0) is 11.3 Å². The third-order valence-electron chi connectivity index (χ3n) is 5.21. The van der Waals surface area contributed by atoms with Gasteiger partial charge in [0.1, 0.15) is 11.5 Å². The number of thiazole rings is 1. The first kappa shape index (κ1) is 24.7. The summed E-state index contributed by atoms with van der Waals surface area (Å²) >= 11 is 2.74. The second kappa shape index (κ2) is 11.4. The molecule has 182 valence electrons. The molecule has 1 atom stereocenters. The molecule has 0 fully saturated rings. The lowest BCUT2D eigenvalue weighted by Gasteiger charge is -2.16. The molecule has 2 heterocycles. The van der Waals surface area contributed by atoms with Crippen molar-refractivity contribution < 1.29 is 14.3 Å². The Hall–Kier alpha value is -3.37. The Labute approximate surface area is 212 Å². The van der Waals surface area contributed by atoms with E-state index in [1.807, 2.05) is 79.2 Å². The second-order valence-corrected chi connectivity index (χ2v) is 9.57. The zero-order valence-corrected chi connectivity index (χ0v) is 21.7. The van der Waals surface area contributed by atoms with E-state index in [-0.39, 0.29) is 17.8 Å². The summed E-state index contributed by atoms with van der Waals surface area (Å²) in [7, 11) is 1.62. The van der Waals surface area contributed by atoms with Gasteiger partial charge in [0, 0.05) is 23.6 Å². The van der Waals surface area contributed by atoms with Crippen molar-refractivity contribution in [2.45, 2.75) is 38.6 Å². The third kappa shape index (κ3) is 6.20. The first-order valence-corrected chi connectivity index (χ1v) is 13.0. The van der Waals surface area contributed by atoms with Gasteiger partial charge in [-0.05, 0) is 32.9 Å². The highest BCUT2D eigenvalue weighted by molar-refractivity contribution is 7.99. The smallest absolute Gasteiger partial charge is 0.236 e. The monoisotopic (exact) mass is 509 g/mol. The van der Waals surface area contributed by atoms with Gasteiger partial charge in [-0.15, -0.1) is 21.5 Å². The van der Waals surface area contributed by atoms with Gasteiger partial charge >= 0.3 is 0 Å². The Morgan fingerprint density at radius 2 is 1.94 bits per heavy atom. The predicted octanol–water partition coefficient (Wildman–Crippen LogP) is 5.61. The Morgan fingerprint density at radius 1 is 1.17 bits per heavy atom. The first-order valence-electron chi connectivity index (χ1n) is 11.2. The van der Waals surface area contributed by atoms with E-state index >= 15 is 0 Å². The lowest BCUT2D eigenvalue weighted by molar-refractivity contribution is -0.113. The van der Waals surface area contributed by atoms with Crippen molar-refractivity contribution in [3.8, 4) is 22.8 Å². The number of nitrogens with zero attached hydrogens (tertiary/aromatic N) is 4. The van der Waals surface area contributed by atoms with E-state index in [1.165, 1.54) is 28.7 Å². The number of carbonyl (C=O) groups excluding carboxylic acids is 1. The van der Waals surface area contributed by atoms with Crippen molar-refractivity contribution in [1.29, 1.82) is 0 Å². The van der Waals surface area contributed by atoms with Gasteiger partial charge in [-0.3, -0.25) is 4.79 Å². The van der Waals surface area contributed by atoms with Crippen LogP contribution in [0.15, 0.2) is 59.1 Å². The lowest BCUT2D eigenvalue weighted by atomic mass is 10.1. The maximum Gasteiger partial charge on any atom is 0.236 e. The molecular formula is C25H27N5O3S2. The number of hydrogen-bond donors (Lipinski definition) is 1. The minimum absolute atomic E-state index is 0.146. The SMILES string of the molecule is CCn1c(SCC(=O)Nc2nc(-c3ccc(C)cc3)cs2)nnc1C(C)Oc1cccc(OC)c1. The molecule has 0 bridgehead atoms. The number of ether oxygens (including phenoxy) is 2. The number of thioether (sulfide) groups is 1. The van der Waals surface area contributed by atoms with Gasteiger partial charge in [0.05, 0.1) is 18.6 Å². The van der Waals surface area contributed by atoms with E-state index in [0.29, 0.717) is 28.4 Å². The second-order valence-electron chi connectivity index (χ2n) is 7.76. The number of hydrogen-bond acceptors (Lipinski definition) is 8. The molecule has 0 saturated heterocycles. The summed E-state index contributed by atoms with van der Waals surface area (Å²) in [4.78, 5) is 17.1. The van der Waals surface area contributed by atoms with Crippen LogP contribution in [0, 0.1) is 6.92 Å². The van der Waals surface area contributed by atoms with Crippen LogP contribution >= 0.6 is 23.1 Å². The van der Waals surface area contributed by atoms with Gasteiger partial charge in [-0.1, -0.05) is 47.7 Å². The summed E-state index contributed by atoms with van der Waals surface area (Å²) in [5.41, 5.74) is 3.06. The van der Waals surface area contributed by atoms with E-state index in [9.17, 15) is 4.79 Å². The van der Waals surface area contributed by atoms with Crippen LogP contribution in [0.2, 0.25) is 0 Å². The average Bonchev–Trinajstić information content (AvgIpc) is 3.50.